The highest BCUT2D eigenvalue weighted by atomic mass is 19.1. The first-order valence-corrected chi connectivity index (χ1v) is 14.3. The van der Waals surface area contributed by atoms with Gasteiger partial charge < -0.3 is 9.47 Å². The van der Waals surface area contributed by atoms with Crippen LogP contribution in [0.4, 0.5) is 16.0 Å². The summed E-state index contributed by atoms with van der Waals surface area (Å²) in [4.78, 5) is 45.3. The van der Waals surface area contributed by atoms with E-state index in [1.165, 1.54) is 18.5 Å². The summed E-state index contributed by atoms with van der Waals surface area (Å²) >= 11 is 0. The van der Waals surface area contributed by atoms with Crippen molar-refractivity contribution >= 4 is 40.7 Å². The Kier molecular flexibility index (Phi) is 8.05. The number of imidazole rings is 1. The van der Waals surface area contributed by atoms with E-state index in [9.17, 15) is 14.0 Å². The number of aromatic nitrogens is 4. The summed E-state index contributed by atoms with van der Waals surface area (Å²) in [7, 11) is 1.72. The number of pyridine rings is 2. The van der Waals surface area contributed by atoms with Crippen LogP contribution >= 0.6 is 0 Å². The van der Waals surface area contributed by atoms with Crippen LogP contribution in [0.3, 0.4) is 0 Å². The zero-order chi connectivity index (χ0) is 30.6. The number of nitrogens with zero attached hydrogens (tertiary/aromatic N) is 6. The smallest absolute Gasteiger partial charge is 0.259 e. The molecule has 3 aromatic heterocycles. The van der Waals surface area contributed by atoms with Gasteiger partial charge in [-0.3, -0.25) is 24.9 Å². The van der Waals surface area contributed by atoms with E-state index < -0.39 is 11.9 Å². The van der Waals surface area contributed by atoms with E-state index in [0.29, 0.717) is 52.4 Å². The van der Waals surface area contributed by atoms with Crippen LogP contribution in [0.1, 0.15) is 40.5 Å². The maximum atomic E-state index is 13.7. The molecule has 1 atom stereocenters. The number of rotatable bonds is 8. The van der Waals surface area contributed by atoms with Gasteiger partial charge in [-0.25, -0.2) is 9.97 Å². The van der Waals surface area contributed by atoms with Gasteiger partial charge in [0.2, 0.25) is 11.9 Å². The average Bonchev–Trinajstić information content (AvgIpc) is 3.40. The van der Waals surface area contributed by atoms with Crippen molar-refractivity contribution in [2.45, 2.75) is 32.4 Å². The first kappa shape index (κ1) is 28.6. The maximum absolute atomic E-state index is 13.7. The molecule has 44 heavy (non-hydrogen) atoms. The lowest BCUT2D eigenvalue weighted by Gasteiger charge is -2.17. The Balaban J connectivity index is 1.31. The normalized spacial score (nSPS) is 14.3. The van der Waals surface area contributed by atoms with Crippen LogP contribution in [-0.4, -0.2) is 50.6 Å². The lowest BCUT2D eigenvalue weighted by molar-refractivity contribution is 0.0991. The second kappa shape index (κ2) is 12.4. The van der Waals surface area contributed by atoms with Crippen LogP contribution in [-0.2, 0) is 6.54 Å². The third kappa shape index (κ3) is 6.14. The van der Waals surface area contributed by atoms with Crippen molar-refractivity contribution in [3.05, 3.63) is 114 Å². The van der Waals surface area contributed by atoms with Crippen LogP contribution < -0.4 is 10.2 Å². The number of dihydropyridines is 1. The standard InChI is InChI=1S/C34H30FN7O2/c1-22-8-9-23(19-38-22)13-15-42-30-11-10-28(41(2)33(44)24-6-4-3-5-7-24)18-29(30)39-34(42)40-32(43)27-16-26(20-36-21-27)25-12-14-37-31(35)17-25/h3-7,9-12,14,16-22H,8,13,15H2,1-2H3,(H,39,40,43). The number of amides is 2. The van der Waals surface area contributed by atoms with Crippen molar-refractivity contribution in [2.75, 3.05) is 17.3 Å². The van der Waals surface area contributed by atoms with Gasteiger partial charge in [-0.1, -0.05) is 24.3 Å². The fourth-order valence-corrected chi connectivity index (χ4v) is 5.08. The molecule has 0 saturated heterocycles. The molecule has 0 saturated carbocycles. The lowest BCUT2D eigenvalue weighted by Crippen LogP contribution is -2.26. The molecule has 0 fully saturated rings. The summed E-state index contributed by atoms with van der Waals surface area (Å²) in [6.45, 7) is 2.62. The molecule has 1 aliphatic heterocycles. The number of anilines is 2. The topological polar surface area (TPSA) is 105 Å². The number of benzene rings is 2. The quantitative estimate of drug-likeness (QED) is 0.213. The fraction of sp³-hybridized carbons (Fsp3) is 0.176. The van der Waals surface area contributed by atoms with Crippen molar-refractivity contribution < 1.29 is 14.0 Å². The Morgan fingerprint density at radius 3 is 2.64 bits per heavy atom. The molecule has 5 aromatic rings. The third-order valence-corrected chi connectivity index (χ3v) is 7.57. The molecule has 2 aromatic carbocycles. The number of carbonyl (C=O) groups excluding carboxylic acids is 2. The number of carbonyl (C=O) groups is 2. The SMILES string of the molecule is CC1CC=C(CCn2c(NC(=O)c3cncc(-c4ccnc(F)c4)c3)nc3cc(N(C)C(=O)c4ccccc4)ccc32)C=N1. The highest BCUT2D eigenvalue weighted by molar-refractivity contribution is 6.07. The van der Waals surface area contributed by atoms with E-state index in [-0.39, 0.29) is 11.9 Å². The molecule has 0 radical (unpaired) electrons. The van der Waals surface area contributed by atoms with Crippen LogP contribution in [0.15, 0.2) is 102 Å². The van der Waals surface area contributed by atoms with Gasteiger partial charge >= 0.3 is 0 Å². The molecular formula is C34H30FN7O2. The number of fused-ring (bicyclic) bond motifs is 1. The molecule has 2 amide bonds. The minimum absolute atomic E-state index is 0.142. The Bertz CT molecular complexity index is 1920. The molecule has 6 rings (SSSR count). The summed E-state index contributed by atoms with van der Waals surface area (Å²) in [5.74, 6) is -0.804. The van der Waals surface area contributed by atoms with E-state index >= 15 is 0 Å². The van der Waals surface area contributed by atoms with Gasteiger partial charge in [0.05, 0.1) is 22.6 Å². The Morgan fingerprint density at radius 1 is 1.02 bits per heavy atom. The minimum Gasteiger partial charge on any atom is -0.311 e. The zero-order valence-corrected chi connectivity index (χ0v) is 24.3. The molecule has 1 N–H and O–H groups in total. The van der Waals surface area contributed by atoms with Gasteiger partial charge in [0.1, 0.15) is 0 Å². The predicted octanol–water partition coefficient (Wildman–Crippen LogP) is 6.34. The number of allylic oxidation sites excluding steroid dienone is 1. The Hall–Kier alpha value is -5.51. The molecule has 10 heteroatoms. The van der Waals surface area contributed by atoms with E-state index in [1.807, 2.05) is 47.2 Å². The number of nitrogens with one attached hydrogen (secondary N) is 1. The van der Waals surface area contributed by atoms with Gasteiger partial charge in [0, 0.05) is 61.3 Å². The zero-order valence-electron chi connectivity index (χ0n) is 24.3. The Morgan fingerprint density at radius 2 is 1.86 bits per heavy atom. The molecular weight excluding hydrogens is 557 g/mol. The van der Waals surface area contributed by atoms with E-state index in [0.717, 1.165) is 17.5 Å². The van der Waals surface area contributed by atoms with E-state index in [4.69, 9.17) is 4.98 Å². The van der Waals surface area contributed by atoms with Crippen LogP contribution in [0.5, 0.6) is 0 Å². The lowest BCUT2D eigenvalue weighted by atomic mass is 10.1. The fourth-order valence-electron chi connectivity index (χ4n) is 5.08. The highest BCUT2D eigenvalue weighted by Gasteiger charge is 2.19. The van der Waals surface area contributed by atoms with Crippen molar-refractivity contribution in [3.8, 4) is 11.1 Å². The molecule has 0 bridgehead atoms. The first-order chi connectivity index (χ1) is 21.4. The molecule has 1 unspecified atom stereocenters. The first-order valence-electron chi connectivity index (χ1n) is 14.3. The second-order valence-electron chi connectivity index (χ2n) is 10.7. The number of hydrogen-bond acceptors (Lipinski definition) is 6. The van der Waals surface area contributed by atoms with Crippen molar-refractivity contribution in [3.63, 3.8) is 0 Å². The maximum Gasteiger partial charge on any atom is 0.259 e. The highest BCUT2D eigenvalue weighted by Crippen LogP contribution is 2.28. The minimum atomic E-state index is -0.617. The summed E-state index contributed by atoms with van der Waals surface area (Å²) < 4.78 is 15.7. The monoisotopic (exact) mass is 587 g/mol. The van der Waals surface area contributed by atoms with E-state index in [2.05, 4.69) is 33.3 Å². The Labute approximate surface area is 253 Å². The van der Waals surface area contributed by atoms with Gasteiger partial charge in [-0.15, -0.1) is 0 Å². The molecule has 9 nitrogen and oxygen atoms in total. The predicted molar refractivity (Wildman–Crippen MR) is 170 cm³/mol. The largest absolute Gasteiger partial charge is 0.311 e. The van der Waals surface area contributed by atoms with Crippen molar-refractivity contribution in [1.82, 2.24) is 19.5 Å². The van der Waals surface area contributed by atoms with E-state index in [1.54, 1.807) is 42.4 Å². The van der Waals surface area contributed by atoms with Gasteiger partial charge in [0.25, 0.3) is 11.8 Å². The van der Waals surface area contributed by atoms with Crippen molar-refractivity contribution in [2.24, 2.45) is 4.99 Å². The summed E-state index contributed by atoms with van der Waals surface area (Å²) in [6, 6.07) is 19.6. The molecule has 1 aliphatic rings. The molecule has 0 aliphatic carbocycles. The van der Waals surface area contributed by atoms with Gasteiger partial charge in [0.15, 0.2) is 0 Å². The van der Waals surface area contributed by atoms with Gasteiger partial charge in [-0.2, -0.15) is 4.39 Å². The number of aryl methyl sites for hydroxylation is 1. The second-order valence-corrected chi connectivity index (χ2v) is 10.7. The van der Waals surface area contributed by atoms with Crippen molar-refractivity contribution in [1.29, 1.82) is 0 Å². The summed E-state index contributed by atoms with van der Waals surface area (Å²) in [5, 5.41) is 2.95. The number of aliphatic imine (C=N–C) groups is 1. The number of hydrogen-bond donors (Lipinski definition) is 1. The summed E-state index contributed by atoms with van der Waals surface area (Å²) in [5.41, 5.74) is 5.25. The number of halogens is 1. The summed E-state index contributed by atoms with van der Waals surface area (Å²) in [6.07, 6.45) is 10.1. The molecule has 220 valence electrons. The molecule has 4 heterocycles. The molecule has 0 spiro atoms. The van der Waals surface area contributed by atoms with Gasteiger partial charge in [-0.05, 0) is 73.4 Å². The third-order valence-electron chi connectivity index (χ3n) is 7.57. The van der Waals surface area contributed by atoms with Crippen LogP contribution in [0.2, 0.25) is 0 Å². The average molecular weight is 588 g/mol. The van der Waals surface area contributed by atoms with Crippen LogP contribution in [0.25, 0.3) is 22.2 Å². The van der Waals surface area contributed by atoms with Crippen LogP contribution in [0, 0.1) is 5.95 Å².